The van der Waals surface area contributed by atoms with E-state index in [1.807, 2.05) is 0 Å². The topological polar surface area (TPSA) is 90.6 Å². The number of anilines is 1. The highest BCUT2D eigenvalue weighted by Gasteiger charge is 2.34. The van der Waals surface area contributed by atoms with E-state index < -0.39 is 28.8 Å². The number of carbonyl (C=O) groups is 1. The van der Waals surface area contributed by atoms with E-state index in [-0.39, 0.29) is 10.9 Å². The number of alkyl halides is 3. The van der Waals surface area contributed by atoms with Crippen LogP contribution in [0.3, 0.4) is 0 Å². The van der Waals surface area contributed by atoms with Crippen molar-refractivity contribution in [2.75, 3.05) is 5.32 Å². The van der Waals surface area contributed by atoms with Crippen LogP contribution in [0.25, 0.3) is 21.8 Å². The molecule has 0 bridgehead atoms. The zero-order chi connectivity index (χ0) is 19.2. The van der Waals surface area contributed by atoms with Gasteiger partial charge in [0.25, 0.3) is 5.91 Å². The molecular formula is C18H11F3N4O2. The first-order chi connectivity index (χ1) is 12.8. The van der Waals surface area contributed by atoms with Crippen LogP contribution in [0, 0.1) is 0 Å². The number of fused-ring (bicyclic) bond motifs is 2. The van der Waals surface area contributed by atoms with Crippen molar-refractivity contribution in [1.82, 2.24) is 15.0 Å². The van der Waals surface area contributed by atoms with E-state index in [9.17, 15) is 22.8 Å². The molecule has 3 heterocycles. The van der Waals surface area contributed by atoms with Crippen molar-refractivity contribution in [2.45, 2.75) is 6.18 Å². The minimum Gasteiger partial charge on any atom is -0.361 e. The number of H-pyrrole nitrogens is 2. The monoisotopic (exact) mass is 372 g/mol. The normalized spacial score (nSPS) is 11.8. The van der Waals surface area contributed by atoms with Gasteiger partial charge in [-0.1, -0.05) is 0 Å². The van der Waals surface area contributed by atoms with Gasteiger partial charge in [-0.3, -0.25) is 14.6 Å². The van der Waals surface area contributed by atoms with Gasteiger partial charge in [0.1, 0.15) is 5.56 Å². The zero-order valence-electron chi connectivity index (χ0n) is 13.5. The molecule has 4 aromatic rings. The molecule has 1 amide bonds. The lowest BCUT2D eigenvalue weighted by Gasteiger charge is -2.14. The third-order valence-corrected chi connectivity index (χ3v) is 4.17. The molecule has 0 unspecified atom stereocenters. The number of nitrogens with one attached hydrogen (secondary N) is 3. The summed E-state index contributed by atoms with van der Waals surface area (Å²) in [5.74, 6) is -0.939. The Labute approximate surface area is 149 Å². The molecule has 3 aromatic heterocycles. The molecule has 0 saturated heterocycles. The number of hydrogen-bond donors (Lipinski definition) is 3. The van der Waals surface area contributed by atoms with E-state index in [1.54, 1.807) is 0 Å². The fourth-order valence-electron chi connectivity index (χ4n) is 2.86. The number of benzene rings is 1. The Kier molecular flexibility index (Phi) is 3.72. The number of amides is 1. The number of pyridine rings is 2. The van der Waals surface area contributed by atoms with Crippen molar-refractivity contribution in [3.8, 4) is 0 Å². The molecule has 9 heteroatoms. The Morgan fingerprint density at radius 2 is 1.93 bits per heavy atom. The molecule has 0 aliphatic carbocycles. The van der Waals surface area contributed by atoms with Crippen molar-refractivity contribution < 1.29 is 18.0 Å². The SMILES string of the molecule is O=C(Nc1cc2[nH]ccc2cc1C(F)(F)F)c1c[nH]c2cnccc2c1=O. The highest BCUT2D eigenvalue weighted by molar-refractivity contribution is 6.06. The lowest BCUT2D eigenvalue weighted by Crippen LogP contribution is -2.23. The lowest BCUT2D eigenvalue weighted by atomic mass is 10.1. The Balaban J connectivity index is 1.79. The predicted octanol–water partition coefficient (Wildman–Crippen LogP) is 3.68. The summed E-state index contributed by atoms with van der Waals surface area (Å²) in [5.41, 5.74) is -1.48. The molecule has 136 valence electrons. The molecule has 0 fully saturated rings. The van der Waals surface area contributed by atoms with Crippen LogP contribution in [-0.2, 0) is 6.18 Å². The van der Waals surface area contributed by atoms with Crippen molar-refractivity contribution in [3.05, 3.63) is 70.4 Å². The van der Waals surface area contributed by atoms with E-state index in [4.69, 9.17) is 0 Å². The first-order valence-corrected chi connectivity index (χ1v) is 7.80. The van der Waals surface area contributed by atoms with Gasteiger partial charge in [0.2, 0.25) is 5.43 Å². The van der Waals surface area contributed by atoms with Gasteiger partial charge in [-0.25, -0.2) is 0 Å². The van der Waals surface area contributed by atoms with Gasteiger partial charge in [0, 0.05) is 34.9 Å². The standard InChI is InChI=1S/C18H11F3N4O2/c19-18(20,21)12-5-9-1-4-23-13(9)6-14(12)25-17(27)11-7-24-15-8-22-3-2-10(15)16(11)26/h1-8,23H,(H,24,26)(H,25,27). The minimum absolute atomic E-state index is 0.216. The minimum atomic E-state index is -4.67. The summed E-state index contributed by atoms with van der Waals surface area (Å²) in [5, 5.41) is 2.78. The Morgan fingerprint density at radius 3 is 2.70 bits per heavy atom. The highest BCUT2D eigenvalue weighted by atomic mass is 19.4. The van der Waals surface area contributed by atoms with Gasteiger partial charge in [0.15, 0.2) is 0 Å². The summed E-state index contributed by atoms with van der Waals surface area (Å²) in [4.78, 5) is 34.4. The van der Waals surface area contributed by atoms with Crippen LogP contribution in [0.1, 0.15) is 15.9 Å². The fraction of sp³-hybridized carbons (Fsp3) is 0.0556. The summed E-state index contributed by atoms with van der Waals surface area (Å²) in [6.45, 7) is 0. The number of nitrogens with zero attached hydrogens (tertiary/aromatic N) is 1. The number of aromatic nitrogens is 3. The third kappa shape index (κ3) is 2.92. The predicted molar refractivity (Wildman–Crippen MR) is 93.6 cm³/mol. The molecule has 0 atom stereocenters. The van der Waals surface area contributed by atoms with Gasteiger partial charge >= 0.3 is 6.18 Å². The van der Waals surface area contributed by atoms with Crippen LogP contribution in [0.2, 0.25) is 0 Å². The molecule has 0 radical (unpaired) electrons. The molecule has 4 rings (SSSR count). The summed E-state index contributed by atoms with van der Waals surface area (Å²) in [6, 6.07) is 5.06. The van der Waals surface area contributed by atoms with Crippen LogP contribution in [0.5, 0.6) is 0 Å². The second-order valence-corrected chi connectivity index (χ2v) is 5.87. The molecule has 3 N–H and O–H groups in total. The maximum atomic E-state index is 13.4. The van der Waals surface area contributed by atoms with Crippen molar-refractivity contribution in [1.29, 1.82) is 0 Å². The van der Waals surface area contributed by atoms with Crippen LogP contribution in [0.15, 0.2) is 53.8 Å². The number of aromatic amines is 2. The molecule has 0 aliphatic rings. The average Bonchev–Trinajstić information content (AvgIpc) is 3.08. The van der Waals surface area contributed by atoms with E-state index in [0.717, 1.165) is 12.3 Å². The van der Waals surface area contributed by atoms with Crippen molar-refractivity contribution >= 4 is 33.4 Å². The third-order valence-electron chi connectivity index (χ3n) is 4.17. The Bertz CT molecular complexity index is 1240. The quantitative estimate of drug-likeness (QED) is 0.501. The lowest BCUT2D eigenvalue weighted by molar-refractivity contribution is -0.136. The average molecular weight is 372 g/mol. The molecule has 0 spiro atoms. The summed E-state index contributed by atoms with van der Waals surface area (Å²) in [7, 11) is 0. The van der Waals surface area contributed by atoms with Crippen LogP contribution in [-0.4, -0.2) is 20.9 Å². The first-order valence-electron chi connectivity index (χ1n) is 7.80. The number of rotatable bonds is 2. The fourth-order valence-corrected chi connectivity index (χ4v) is 2.86. The molecule has 27 heavy (non-hydrogen) atoms. The molecule has 1 aromatic carbocycles. The van der Waals surface area contributed by atoms with Crippen molar-refractivity contribution in [2.24, 2.45) is 0 Å². The van der Waals surface area contributed by atoms with E-state index in [0.29, 0.717) is 16.4 Å². The van der Waals surface area contributed by atoms with Crippen molar-refractivity contribution in [3.63, 3.8) is 0 Å². The highest BCUT2D eigenvalue weighted by Crippen LogP contribution is 2.37. The van der Waals surface area contributed by atoms with Gasteiger partial charge < -0.3 is 15.3 Å². The summed E-state index contributed by atoms with van der Waals surface area (Å²) in [6.07, 6.45) is 0.787. The molecule has 0 saturated carbocycles. The molecular weight excluding hydrogens is 361 g/mol. The van der Waals surface area contributed by atoms with Gasteiger partial charge in [-0.15, -0.1) is 0 Å². The number of hydrogen-bond acceptors (Lipinski definition) is 3. The summed E-state index contributed by atoms with van der Waals surface area (Å²) < 4.78 is 40.2. The second-order valence-electron chi connectivity index (χ2n) is 5.87. The summed E-state index contributed by atoms with van der Waals surface area (Å²) >= 11 is 0. The van der Waals surface area contributed by atoms with Gasteiger partial charge in [-0.05, 0) is 24.3 Å². The maximum Gasteiger partial charge on any atom is 0.418 e. The van der Waals surface area contributed by atoms with Gasteiger partial charge in [0.05, 0.1) is 23.0 Å². The Morgan fingerprint density at radius 1 is 1.11 bits per heavy atom. The van der Waals surface area contributed by atoms with E-state index in [1.165, 1.54) is 36.8 Å². The van der Waals surface area contributed by atoms with Crippen LogP contribution < -0.4 is 10.7 Å². The van der Waals surface area contributed by atoms with E-state index >= 15 is 0 Å². The smallest absolute Gasteiger partial charge is 0.361 e. The largest absolute Gasteiger partial charge is 0.418 e. The number of halogens is 3. The maximum absolute atomic E-state index is 13.4. The Hall–Kier alpha value is -3.62. The molecule has 0 aliphatic heterocycles. The first kappa shape index (κ1) is 16.8. The van der Waals surface area contributed by atoms with Crippen LogP contribution >= 0.6 is 0 Å². The van der Waals surface area contributed by atoms with Gasteiger partial charge in [-0.2, -0.15) is 13.2 Å². The van der Waals surface area contributed by atoms with E-state index in [2.05, 4.69) is 20.3 Å². The zero-order valence-corrected chi connectivity index (χ0v) is 13.5. The molecule has 6 nitrogen and oxygen atoms in total. The van der Waals surface area contributed by atoms with Crippen LogP contribution in [0.4, 0.5) is 18.9 Å². The second kappa shape index (κ2) is 5.97. The number of carbonyl (C=O) groups excluding carboxylic acids is 1.